The molecule has 66 valence electrons. The van der Waals surface area contributed by atoms with Crippen molar-refractivity contribution in [1.82, 2.24) is 10.2 Å². The van der Waals surface area contributed by atoms with Crippen LogP contribution in [0.3, 0.4) is 0 Å². The minimum atomic E-state index is -1.11. The second-order valence-electron chi connectivity index (χ2n) is 2.61. The lowest BCUT2D eigenvalue weighted by molar-refractivity contribution is 0.0692. The van der Waals surface area contributed by atoms with Gasteiger partial charge in [-0.1, -0.05) is 0 Å². The highest BCUT2D eigenvalue weighted by Gasteiger charge is 2.12. The Bertz CT molecular complexity index is 475. The number of benzene rings is 1. The number of aromatic amines is 1. The SMILES string of the molecule is O=C(O)c1n[nH]c2ccc(O)cc12. The van der Waals surface area contributed by atoms with E-state index in [0.717, 1.165) is 0 Å². The minimum absolute atomic E-state index is 0.0244. The van der Waals surface area contributed by atoms with Crippen LogP contribution in [-0.2, 0) is 0 Å². The van der Waals surface area contributed by atoms with Gasteiger partial charge in [0.05, 0.1) is 5.52 Å². The zero-order valence-corrected chi connectivity index (χ0v) is 6.48. The monoisotopic (exact) mass is 178 g/mol. The Balaban J connectivity index is 2.79. The van der Waals surface area contributed by atoms with Crippen LogP contribution in [0.15, 0.2) is 18.2 Å². The van der Waals surface area contributed by atoms with Gasteiger partial charge in [0, 0.05) is 5.39 Å². The number of carboxylic acids is 1. The molecule has 0 atom stereocenters. The van der Waals surface area contributed by atoms with Crippen LogP contribution < -0.4 is 0 Å². The van der Waals surface area contributed by atoms with E-state index in [9.17, 15) is 4.79 Å². The number of carbonyl (C=O) groups is 1. The van der Waals surface area contributed by atoms with Gasteiger partial charge in [-0.3, -0.25) is 5.10 Å². The first-order chi connectivity index (χ1) is 6.18. The largest absolute Gasteiger partial charge is 0.508 e. The summed E-state index contributed by atoms with van der Waals surface area (Å²) in [5.41, 5.74) is 0.515. The van der Waals surface area contributed by atoms with Gasteiger partial charge >= 0.3 is 5.97 Å². The summed E-state index contributed by atoms with van der Waals surface area (Å²) in [7, 11) is 0. The molecule has 5 heteroatoms. The van der Waals surface area contributed by atoms with Gasteiger partial charge < -0.3 is 10.2 Å². The second-order valence-corrected chi connectivity index (χ2v) is 2.61. The number of nitrogens with one attached hydrogen (secondary N) is 1. The second kappa shape index (κ2) is 2.48. The number of phenols is 1. The fourth-order valence-corrected chi connectivity index (χ4v) is 1.17. The van der Waals surface area contributed by atoms with E-state index in [4.69, 9.17) is 10.2 Å². The average molecular weight is 178 g/mol. The van der Waals surface area contributed by atoms with Crippen molar-refractivity contribution in [3.63, 3.8) is 0 Å². The summed E-state index contributed by atoms with van der Waals surface area (Å²) in [5, 5.41) is 24.4. The quantitative estimate of drug-likeness (QED) is 0.607. The molecule has 3 N–H and O–H groups in total. The van der Waals surface area contributed by atoms with Crippen molar-refractivity contribution < 1.29 is 15.0 Å². The lowest BCUT2D eigenvalue weighted by Crippen LogP contribution is -1.96. The van der Waals surface area contributed by atoms with Gasteiger partial charge in [0.25, 0.3) is 0 Å². The Labute approximate surface area is 72.6 Å². The van der Waals surface area contributed by atoms with Gasteiger partial charge in [-0.15, -0.1) is 0 Å². The molecule has 0 aliphatic carbocycles. The molecule has 0 saturated heterocycles. The predicted octanol–water partition coefficient (Wildman–Crippen LogP) is 0.967. The molecule has 0 fully saturated rings. The molecule has 0 aliphatic heterocycles. The molecule has 0 spiro atoms. The molecule has 1 aromatic heterocycles. The topological polar surface area (TPSA) is 86.2 Å². The Morgan fingerprint density at radius 1 is 1.46 bits per heavy atom. The molecule has 1 heterocycles. The highest BCUT2D eigenvalue weighted by Crippen LogP contribution is 2.20. The fraction of sp³-hybridized carbons (Fsp3) is 0. The molecule has 0 saturated carbocycles. The van der Waals surface area contributed by atoms with Gasteiger partial charge in [-0.25, -0.2) is 4.79 Å². The Morgan fingerprint density at radius 3 is 2.92 bits per heavy atom. The minimum Gasteiger partial charge on any atom is -0.508 e. The average Bonchev–Trinajstić information content (AvgIpc) is 2.46. The van der Waals surface area contributed by atoms with Crippen molar-refractivity contribution in [2.24, 2.45) is 0 Å². The van der Waals surface area contributed by atoms with Crippen LogP contribution >= 0.6 is 0 Å². The summed E-state index contributed by atoms with van der Waals surface area (Å²) in [6.07, 6.45) is 0. The van der Waals surface area contributed by atoms with Crippen molar-refractivity contribution in [3.8, 4) is 5.75 Å². The lowest BCUT2D eigenvalue weighted by atomic mass is 10.2. The van der Waals surface area contributed by atoms with Gasteiger partial charge in [-0.2, -0.15) is 5.10 Å². The Kier molecular flexibility index (Phi) is 1.45. The van der Waals surface area contributed by atoms with Crippen LogP contribution in [-0.4, -0.2) is 26.4 Å². The standard InChI is InChI=1S/C8H6N2O3/c11-4-1-2-6-5(3-4)7(8(12)13)10-9-6/h1-3,11H,(H,9,10)(H,12,13). The number of aromatic hydroxyl groups is 1. The highest BCUT2D eigenvalue weighted by atomic mass is 16.4. The number of aromatic nitrogens is 2. The van der Waals surface area contributed by atoms with Gasteiger partial charge in [0.15, 0.2) is 5.69 Å². The number of fused-ring (bicyclic) bond motifs is 1. The van der Waals surface area contributed by atoms with E-state index in [1.165, 1.54) is 12.1 Å². The predicted molar refractivity (Wildman–Crippen MR) is 44.7 cm³/mol. The molecule has 5 nitrogen and oxygen atoms in total. The number of nitrogens with zero attached hydrogens (tertiary/aromatic N) is 1. The summed E-state index contributed by atoms with van der Waals surface area (Å²) in [5.74, 6) is -1.09. The van der Waals surface area contributed by atoms with Crippen molar-refractivity contribution in [2.45, 2.75) is 0 Å². The molecule has 0 bridgehead atoms. The zero-order chi connectivity index (χ0) is 9.42. The van der Waals surface area contributed by atoms with E-state index in [-0.39, 0.29) is 11.4 Å². The molecule has 0 radical (unpaired) electrons. The van der Waals surface area contributed by atoms with Crippen LogP contribution in [0.5, 0.6) is 5.75 Å². The number of aromatic carboxylic acids is 1. The third kappa shape index (κ3) is 1.10. The number of hydrogen-bond acceptors (Lipinski definition) is 3. The van der Waals surface area contributed by atoms with Crippen molar-refractivity contribution >= 4 is 16.9 Å². The molecule has 0 amide bonds. The van der Waals surface area contributed by atoms with Gasteiger partial charge in [-0.05, 0) is 18.2 Å². The summed E-state index contributed by atoms with van der Waals surface area (Å²) in [6, 6.07) is 4.40. The molecule has 1 aromatic carbocycles. The first-order valence-electron chi connectivity index (χ1n) is 3.59. The molecule has 0 unspecified atom stereocenters. The maximum absolute atomic E-state index is 10.6. The normalized spacial score (nSPS) is 10.5. The first kappa shape index (κ1) is 7.60. The zero-order valence-electron chi connectivity index (χ0n) is 6.48. The van der Waals surface area contributed by atoms with E-state index in [0.29, 0.717) is 10.9 Å². The smallest absolute Gasteiger partial charge is 0.357 e. The fourth-order valence-electron chi connectivity index (χ4n) is 1.17. The summed E-state index contributed by atoms with van der Waals surface area (Å²) in [4.78, 5) is 10.6. The van der Waals surface area contributed by atoms with Crippen LogP contribution in [0, 0.1) is 0 Å². The Hall–Kier alpha value is -2.04. The molecule has 13 heavy (non-hydrogen) atoms. The van der Waals surface area contributed by atoms with Crippen LogP contribution in [0.4, 0.5) is 0 Å². The Morgan fingerprint density at radius 2 is 2.23 bits per heavy atom. The number of carboxylic acid groups (broad SMARTS) is 1. The van der Waals surface area contributed by atoms with E-state index in [1.54, 1.807) is 6.07 Å². The molecular formula is C8H6N2O3. The van der Waals surface area contributed by atoms with Crippen molar-refractivity contribution in [3.05, 3.63) is 23.9 Å². The van der Waals surface area contributed by atoms with E-state index < -0.39 is 5.97 Å². The molecule has 2 aromatic rings. The van der Waals surface area contributed by atoms with E-state index in [2.05, 4.69) is 10.2 Å². The maximum atomic E-state index is 10.6. The van der Waals surface area contributed by atoms with Crippen LogP contribution in [0.1, 0.15) is 10.5 Å². The number of rotatable bonds is 1. The van der Waals surface area contributed by atoms with Crippen LogP contribution in [0.2, 0.25) is 0 Å². The molecule has 0 aliphatic rings. The third-order valence-electron chi connectivity index (χ3n) is 1.75. The first-order valence-corrected chi connectivity index (χ1v) is 3.59. The summed E-state index contributed by atoms with van der Waals surface area (Å²) < 4.78 is 0. The van der Waals surface area contributed by atoms with Crippen molar-refractivity contribution in [1.29, 1.82) is 0 Å². The van der Waals surface area contributed by atoms with Gasteiger partial charge in [0.1, 0.15) is 5.75 Å². The summed E-state index contributed by atoms with van der Waals surface area (Å²) >= 11 is 0. The number of phenolic OH excluding ortho intramolecular Hbond substituents is 1. The van der Waals surface area contributed by atoms with E-state index >= 15 is 0 Å². The number of hydrogen-bond donors (Lipinski definition) is 3. The molecule has 2 rings (SSSR count). The lowest BCUT2D eigenvalue weighted by Gasteiger charge is -1.91. The van der Waals surface area contributed by atoms with Crippen LogP contribution in [0.25, 0.3) is 10.9 Å². The number of H-pyrrole nitrogens is 1. The molecular weight excluding hydrogens is 172 g/mol. The maximum Gasteiger partial charge on any atom is 0.357 e. The van der Waals surface area contributed by atoms with Crippen molar-refractivity contribution in [2.75, 3.05) is 0 Å². The van der Waals surface area contributed by atoms with Gasteiger partial charge in [0.2, 0.25) is 0 Å². The highest BCUT2D eigenvalue weighted by molar-refractivity contribution is 6.01. The van der Waals surface area contributed by atoms with E-state index in [1.807, 2.05) is 0 Å². The third-order valence-corrected chi connectivity index (χ3v) is 1.75. The summed E-state index contributed by atoms with van der Waals surface area (Å²) in [6.45, 7) is 0.